The highest BCUT2D eigenvalue weighted by atomic mass is 35.5. The number of aliphatic hydroxyl groups is 1. The average Bonchev–Trinajstić information content (AvgIpc) is 2.25. The van der Waals surface area contributed by atoms with Gasteiger partial charge in [-0.3, -0.25) is 4.79 Å². The maximum atomic E-state index is 12.1. The minimum atomic E-state index is -0.718. The molecular formula is C13H17ClN2O2. The number of nitrogen functional groups attached to an aromatic ring is 1. The number of β-amino-alcohol motifs (C(OH)–C–C–N with tert-alkyl or cyclic N) is 1. The monoisotopic (exact) mass is 268 g/mol. The van der Waals surface area contributed by atoms with Gasteiger partial charge in [-0.1, -0.05) is 24.9 Å². The van der Waals surface area contributed by atoms with E-state index in [-0.39, 0.29) is 5.91 Å². The summed E-state index contributed by atoms with van der Waals surface area (Å²) >= 11 is 5.99. The Kier molecular flexibility index (Phi) is 3.50. The molecule has 1 aliphatic heterocycles. The van der Waals surface area contributed by atoms with Gasteiger partial charge in [0, 0.05) is 5.69 Å². The van der Waals surface area contributed by atoms with Crippen molar-refractivity contribution in [1.29, 1.82) is 0 Å². The van der Waals surface area contributed by atoms with E-state index in [1.54, 1.807) is 23.1 Å². The van der Waals surface area contributed by atoms with Gasteiger partial charge in [0.25, 0.3) is 5.91 Å². The normalized spacial score (nSPS) is 17.4. The molecule has 0 radical (unpaired) electrons. The number of likely N-dealkylation sites (tertiary alicyclic amines) is 1. The van der Waals surface area contributed by atoms with E-state index in [1.807, 2.05) is 6.92 Å². The van der Waals surface area contributed by atoms with E-state index < -0.39 is 5.60 Å². The Morgan fingerprint density at radius 1 is 1.56 bits per heavy atom. The van der Waals surface area contributed by atoms with Gasteiger partial charge in [-0.2, -0.15) is 0 Å². The van der Waals surface area contributed by atoms with Gasteiger partial charge in [0.1, 0.15) is 0 Å². The Balaban J connectivity index is 2.06. The van der Waals surface area contributed by atoms with Crippen LogP contribution in [0.4, 0.5) is 5.69 Å². The van der Waals surface area contributed by atoms with Crippen LogP contribution in [0, 0.1) is 0 Å². The number of nitrogens with zero attached hydrogens (tertiary/aromatic N) is 1. The van der Waals surface area contributed by atoms with Gasteiger partial charge in [0.05, 0.1) is 29.3 Å². The lowest BCUT2D eigenvalue weighted by molar-refractivity contribution is -0.0860. The standard InChI is InChI=1S/C13H17ClN2O2/c1-2-5-13(18)7-16(8-13)12(17)10-4-3-9(15)6-11(10)14/h3-4,6,18H,2,5,7-8,15H2,1H3. The van der Waals surface area contributed by atoms with Crippen LogP contribution in [0.5, 0.6) is 0 Å². The minimum Gasteiger partial charge on any atom is -0.399 e. The molecule has 1 aliphatic rings. The molecule has 0 bridgehead atoms. The van der Waals surface area contributed by atoms with Gasteiger partial charge in [-0.25, -0.2) is 0 Å². The fraction of sp³-hybridized carbons (Fsp3) is 0.462. The zero-order valence-electron chi connectivity index (χ0n) is 10.3. The SMILES string of the molecule is CCCC1(O)CN(C(=O)c2ccc(N)cc2Cl)C1. The molecule has 3 N–H and O–H groups in total. The highest BCUT2D eigenvalue weighted by Crippen LogP contribution is 2.29. The van der Waals surface area contributed by atoms with E-state index in [0.29, 0.717) is 35.8 Å². The smallest absolute Gasteiger partial charge is 0.255 e. The van der Waals surface area contributed by atoms with Crippen LogP contribution < -0.4 is 5.73 Å². The molecular weight excluding hydrogens is 252 g/mol. The quantitative estimate of drug-likeness (QED) is 0.823. The summed E-state index contributed by atoms with van der Waals surface area (Å²) in [7, 11) is 0. The number of carbonyl (C=O) groups excluding carboxylic acids is 1. The second-order valence-corrected chi connectivity index (χ2v) is 5.28. The molecule has 1 heterocycles. The fourth-order valence-corrected chi connectivity index (χ4v) is 2.58. The van der Waals surface area contributed by atoms with Crippen molar-refractivity contribution in [3.8, 4) is 0 Å². The van der Waals surface area contributed by atoms with Crippen LogP contribution in [0.2, 0.25) is 5.02 Å². The average molecular weight is 269 g/mol. The lowest BCUT2D eigenvalue weighted by Crippen LogP contribution is -2.63. The molecule has 5 heteroatoms. The number of hydrogen-bond donors (Lipinski definition) is 2. The number of nitrogens with two attached hydrogens (primary N) is 1. The summed E-state index contributed by atoms with van der Waals surface area (Å²) in [6.07, 6.45) is 1.62. The van der Waals surface area contributed by atoms with Crippen LogP contribution in [-0.4, -0.2) is 34.6 Å². The summed E-state index contributed by atoms with van der Waals surface area (Å²) < 4.78 is 0. The summed E-state index contributed by atoms with van der Waals surface area (Å²) in [5.74, 6) is -0.152. The molecule has 0 aromatic heterocycles. The zero-order chi connectivity index (χ0) is 13.3. The lowest BCUT2D eigenvalue weighted by atomic mass is 9.89. The fourth-order valence-electron chi connectivity index (χ4n) is 2.31. The van der Waals surface area contributed by atoms with Gasteiger partial charge in [-0.15, -0.1) is 0 Å². The van der Waals surface area contributed by atoms with Crippen LogP contribution in [0.15, 0.2) is 18.2 Å². The number of benzene rings is 1. The van der Waals surface area contributed by atoms with E-state index in [2.05, 4.69) is 0 Å². The second-order valence-electron chi connectivity index (χ2n) is 4.87. The van der Waals surface area contributed by atoms with E-state index in [1.165, 1.54) is 0 Å². The molecule has 98 valence electrons. The van der Waals surface area contributed by atoms with E-state index in [4.69, 9.17) is 17.3 Å². The highest BCUT2D eigenvalue weighted by molar-refractivity contribution is 6.34. The minimum absolute atomic E-state index is 0.152. The van der Waals surface area contributed by atoms with E-state index in [0.717, 1.165) is 6.42 Å². The van der Waals surface area contributed by atoms with Crippen molar-refractivity contribution in [2.24, 2.45) is 0 Å². The first-order valence-corrected chi connectivity index (χ1v) is 6.40. The maximum Gasteiger partial charge on any atom is 0.255 e. The molecule has 1 aromatic carbocycles. The number of amides is 1. The van der Waals surface area contributed by atoms with Gasteiger partial charge in [-0.05, 0) is 24.6 Å². The van der Waals surface area contributed by atoms with Gasteiger partial charge < -0.3 is 15.7 Å². The summed E-state index contributed by atoms with van der Waals surface area (Å²) in [5.41, 5.74) is 5.83. The van der Waals surface area contributed by atoms with Gasteiger partial charge in [0.15, 0.2) is 0 Å². The number of hydrogen-bond acceptors (Lipinski definition) is 3. The lowest BCUT2D eigenvalue weighted by Gasteiger charge is -2.46. The number of halogens is 1. The van der Waals surface area contributed by atoms with Crippen molar-refractivity contribution < 1.29 is 9.90 Å². The van der Waals surface area contributed by atoms with Crippen LogP contribution in [0.25, 0.3) is 0 Å². The Hall–Kier alpha value is -1.26. The molecule has 18 heavy (non-hydrogen) atoms. The van der Waals surface area contributed by atoms with Crippen molar-refractivity contribution in [2.45, 2.75) is 25.4 Å². The van der Waals surface area contributed by atoms with Crippen molar-refractivity contribution in [1.82, 2.24) is 4.90 Å². The van der Waals surface area contributed by atoms with Crippen LogP contribution in [-0.2, 0) is 0 Å². The number of rotatable bonds is 3. The third kappa shape index (κ3) is 2.44. The Bertz CT molecular complexity index is 470. The van der Waals surface area contributed by atoms with Crippen molar-refractivity contribution in [2.75, 3.05) is 18.8 Å². The molecule has 0 unspecified atom stereocenters. The molecule has 0 saturated carbocycles. The molecule has 1 saturated heterocycles. The Labute approximate surface area is 111 Å². The number of carbonyl (C=O) groups is 1. The van der Waals surface area contributed by atoms with Crippen LogP contribution in [0.3, 0.4) is 0 Å². The highest BCUT2D eigenvalue weighted by Gasteiger charge is 2.43. The second kappa shape index (κ2) is 4.78. The molecule has 2 rings (SSSR count). The molecule has 1 aromatic rings. The summed E-state index contributed by atoms with van der Waals surface area (Å²) in [6, 6.07) is 4.83. The van der Waals surface area contributed by atoms with Gasteiger partial charge >= 0.3 is 0 Å². The van der Waals surface area contributed by atoms with E-state index in [9.17, 15) is 9.90 Å². The molecule has 4 nitrogen and oxygen atoms in total. The third-order valence-electron chi connectivity index (χ3n) is 3.20. The molecule has 0 atom stereocenters. The molecule has 1 fully saturated rings. The topological polar surface area (TPSA) is 66.6 Å². The molecule has 0 spiro atoms. The van der Waals surface area contributed by atoms with Crippen molar-refractivity contribution in [3.63, 3.8) is 0 Å². The van der Waals surface area contributed by atoms with Gasteiger partial charge in [0.2, 0.25) is 0 Å². The summed E-state index contributed by atoms with van der Waals surface area (Å²) in [5, 5.41) is 10.4. The van der Waals surface area contributed by atoms with Crippen molar-refractivity contribution >= 4 is 23.2 Å². The Morgan fingerprint density at radius 2 is 2.22 bits per heavy atom. The van der Waals surface area contributed by atoms with Crippen molar-refractivity contribution in [3.05, 3.63) is 28.8 Å². The third-order valence-corrected chi connectivity index (χ3v) is 3.51. The molecule has 1 amide bonds. The molecule has 0 aliphatic carbocycles. The summed E-state index contributed by atoms with van der Waals surface area (Å²) in [4.78, 5) is 13.7. The predicted octanol–water partition coefficient (Wildman–Crippen LogP) is 1.91. The first-order chi connectivity index (χ1) is 8.45. The number of anilines is 1. The van der Waals surface area contributed by atoms with Crippen LogP contribution >= 0.6 is 11.6 Å². The first-order valence-electron chi connectivity index (χ1n) is 6.02. The van der Waals surface area contributed by atoms with Crippen LogP contribution in [0.1, 0.15) is 30.1 Å². The maximum absolute atomic E-state index is 12.1. The predicted molar refractivity (Wildman–Crippen MR) is 71.6 cm³/mol. The summed E-state index contributed by atoms with van der Waals surface area (Å²) in [6.45, 7) is 2.76. The van der Waals surface area contributed by atoms with E-state index >= 15 is 0 Å². The Morgan fingerprint density at radius 3 is 2.78 bits per heavy atom. The largest absolute Gasteiger partial charge is 0.399 e. The zero-order valence-corrected chi connectivity index (χ0v) is 11.1. The first kappa shape index (κ1) is 13.2.